The summed E-state index contributed by atoms with van der Waals surface area (Å²) in [6.45, 7) is -0.604. The summed E-state index contributed by atoms with van der Waals surface area (Å²) in [5.41, 5.74) is 0. The molecule has 0 amide bonds. The lowest BCUT2D eigenvalue weighted by Gasteiger charge is -2.16. The molecule has 0 saturated carbocycles. The molecule has 0 aromatic heterocycles. The Hall–Kier alpha value is -0.280. The van der Waals surface area contributed by atoms with E-state index in [1.54, 1.807) is 0 Å². The van der Waals surface area contributed by atoms with Gasteiger partial charge in [0.15, 0.2) is 0 Å². The zero-order valence-electron chi connectivity index (χ0n) is 9.37. The third-order valence-corrected chi connectivity index (χ3v) is 1.72. The standard InChI is InChI=1S/C9H20O7/c1-13-6-15-9(4-12)5-14-7-16-8(2-10)3-11/h8-12H,2-7H2,1H3. The number of hydrogen-bond donors (Lipinski definition) is 3. The van der Waals surface area contributed by atoms with E-state index in [4.69, 9.17) is 29.5 Å². The van der Waals surface area contributed by atoms with Crippen LogP contribution in [0.4, 0.5) is 0 Å². The zero-order valence-corrected chi connectivity index (χ0v) is 9.37. The highest BCUT2D eigenvalue weighted by Crippen LogP contribution is 1.95. The third-order valence-electron chi connectivity index (χ3n) is 1.72. The Kier molecular flexibility index (Phi) is 11.0. The number of ether oxygens (including phenoxy) is 4. The Balaban J connectivity index is 3.46. The first-order valence-corrected chi connectivity index (χ1v) is 4.90. The van der Waals surface area contributed by atoms with Crippen molar-refractivity contribution in [3.05, 3.63) is 0 Å². The quantitative estimate of drug-likeness (QED) is 0.293. The van der Waals surface area contributed by atoms with Gasteiger partial charge in [-0.25, -0.2) is 0 Å². The van der Waals surface area contributed by atoms with Crippen LogP contribution in [0.15, 0.2) is 0 Å². The van der Waals surface area contributed by atoms with Gasteiger partial charge < -0.3 is 34.3 Å². The Bertz CT molecular complexity index is 140. The highest BCUT2D eigenvalue weighted by Gasteiger charge is 2.09. The topological polar surface area (TPSA) is 97.6 Å². The number of rotatable bonds is 11. The molecular formula is C9H20O7. The minimum atomic E-state index is -0.646. The van der Waals surface area contributed by atoms with Crippen molar-refractivity contribution >= 4 is 0 Å². The second kappa shape index (κ2) is 11.2. The summed E-state index contributed by atoms with van der Waals surface area (Å²) in [5, 5.41) is 26.2. The van der Waals surface area contributed by atoms with E-state index in [2.05, 4.69) is 4.74 Å². The molecule has 0 radical (unpaired) electrons. The minimum Gasteiger partial charge on any atom is -0.394 e. The van der Waals surface area contributed by atoms with Crippen LogP contribution in [0.2, 0.25) is 0 Å². The molecule has 1 atom stereocenters. The fraction of sp³-hybridized carbons (Fsp3) is 1.00. The maximum atomic E-state index is 8.87. The van der Waals surface area contributed by atoms with Crippen LogP contribution in [-0.2, 0) is 18.9 Å². The van der Waals surface area contributed by atoms with Crippen LogP contribution in [0.1, 0.15) is 0 Å². The highest BCUT2D eigenvalue weighted by atomic mass is 16.7. The van der Waals surface area contributed by atoms with Crippen LogP contribution < -0.4 is 0 Å². The first kappa shape index (κ1) is 15.7. The second-order valence-electron chi connectivity index (χ2n) is 3.02. The molecule has 7 heteroatoms. The van der Waals surface area contributed by atoms with Crippen molar-refractivity contribution in [1.29, 1.82) is 0 Å². The molecule has 1 unspecified atom stereocenters. The molecule has 0 saturated heterocycles. The molecule has 0 aliphatic heterocycles. The number of aliphatic hydroxyl groups is 3. The number of hydrogen-bond acceptors (Lipinski definition) is 7. The normalized spacial score (nSPS) is 13.3. The molecule has 0 aromatic rings. The van der Waals surface area contributed by atoms with E-state index in [1.807, 2.05) is 0 Å². The molecule has 7 nitrogen and oxygen atoms in total. The van der Waals surface area contributed by atoms with Crippen molar-refractivity contribution in [3.63, 3.8) is 0 Å². The van der Waals surface area contributed by atoms with E-state index in [0.717, 1.165) is 0 Å². The maximum Gasteiger partial charge on any atom is 0.147 e. The Morgan fingerprint density at radius 1 is 0.875 bits per heavy atom. The average molecular weight is 240 g/mol. The van der Waals surface area contributed by atoms with E-state index >= 15 is 0 Å². The summed E-state index contributed by atoms with van der Waals surface area (Å²) in [5.74, 6) is 0. The van der Waals surface area contributed by atoms with Crippen molar-refractivity contribution in [3.8, 4) is 0 Å². The van der Waals surface area contributed by atoms with E-state index in [0.29, 0.717) is 0 Å². The van der Waals surface area contributed by atoms with Gasteiger partial charge in [0.25, 0.3) is 0 Å². The van der Waals surface area contributed by atoms with Gasteiger partial charge >= 0.3 is 0 Å². The predicted molar refractivity (Wildman–Crippen MR) is 53.7 cm³/mol. The lowest BCUT2D eigenvalue weighted by atomic mass is 10.4. The third kappa shape index (κ3) is 7.94. The van der Waals surface area contributed by atoms with Crippen molar-refractivity contribution in [2.75, 3.05) is 47.1 Å². The summed E-state index contributed by atoms with van der Waals surface area (Å²) in [7, 11) is 1.48. The van der Waals surface area contributed by atoms with E-state index in [9.17, 15) is 0 Å². The van der Waals surface area contributed by atoms with Crippen molar-refractivity contribution in [1.82, 2.24) is 0 Å². The molecule has 0 aliphatic carbocycles. The van der Waals surface area contributed by atoms with Crippen molar-refractivity contribution in [2.24, 2.45) is 0 Å². The Labute approximate surface area is 94.5 Å². The Morgan fingerprint density at radius 3 is 1.94 bits per heavy atom. The van der Waals surface area contributed by atoms with Crippen LogP contribution in [0.3, 0.4) is 0 Å². The van der Waals surface area contributed by atoms with E-state index in [-0.39, 0.29) is 40.0 Å². The average Bonchev–Trinajstić information content (AvgIpc) is 2.33. The van der Waals surface area contributed by atoms with Gasteiger partial charge in [-0.1, -0.05) is 0 Å². The van der Waals surface area contributed by atoms with Gasteiger partial charge in [0.05, 0.1) is 26.4 Å². The summed E-state index contributed by atoms with van der Waals surface area (Å²) >= 11 is 0. The monoisotopic (exact) mass is 240 g/mol. The largest absolute Gasteiger partial charge is 0.394 e. The van der Waals surface area contributed by atoms with Gasteiger partial charge in [0, 0.05) is 7.11 Å². The molecular weight excluding hydrogens is 220 g/mol. The lowest BCUT2D eigenvalue weighted by molar-refractivity contribution is -0.155. The van der Waals surface area contributed by atoms with Crippen LogP contribution in [-0.4, -0.2) is 74.7 Å². The smallest absolute Gasteiger partial charge is 0.147 e. The summed E-state index contributed by atoms with van der Waals surface area (Å²) in [4.78, 5) is 0. The molecule has 98 valence electrons. The van der Waals surface area contributed by atoms with Gasteiger partial charge in [-0.3, -0.25) is 0 Å². The van der Waals surface area contributed by atoms with Crippen LogP contribution in [0.25, 0.3) is 0 Å². The van der Waals surface area contributed by atoms with Crippen LogP contribution in [0.5, 0.6) is 0 Å². The van der Waals surface area contributed by atoms with Gasteiger partial charge in [-0.15, -0.1) is 0 Å². The maximum absolute atomic E-state index is 8.87. The van der Waals surface area contributed by atoms with Gasteiger partial charge in [-0.05, 0) is 0 Å². The lowest BCUT2D eigenvalue weighted by Crippen LogP contribution is -2.28. The first-order valence-electron chi connectivity index (χ1n) is 4.90. The van der Waals surface area contributed by atoms with Crippen molar-refractivity contribution in [2.45, 2.75) is 12.2 Å². The molecule has 0 fully saturated rings. The zero-order chi connectivity index (χ0) is 12.2. The van der Waals surface area contributed by atoms with E-state index in [1.165, 1.54) is 7.11 Å². The molecule has 16 heavy (non-hydrogen) atoms. The fourth-order valence-corrected chi connectivity index (χ4v) is 0.805. The molecule has 0 aromatic carbocycles. The summed E-state index contributed by atoms with van der Waals surface area (Å²) in [6, 6.07) is 0. The summed E-state index contributed by atoms with van der Waals surface area (Å²) < 4.78 is 19.7. The minimum absolute atomic E-state index is 0.0748. The predicted octanol–water partition coefficient (Wildman–Crippen LogP) is -1.69. The van der Waals surface area contributed by atoms with Gasteiger partial charge in [-0.2, -0.15) is 0 Å². The molecule has 0 bridgehead atoms. The number of aliphatic hydroxyl groups excluding tert-OH is 3. The molecule has 0 heterocycles. The fourth-order valence-electron chi connectivity index (χ4n) is 0.805. The first-order chi connectivity index (χ1) is 7.78. The van der Waals surface area contributed by atoms with E-state index < -0.39 is 12.2 Å². The second-order valence-corrected chi connectivity index (χ2v) is 3.02. The molecule has 0 rings (SSSR count). The van der Waals surface area contributed by atoms with Crippen LogP contribution >= 0.6 is 0 Å². The van der Waals surface area contributed by atoms with Crippen LogP contribution in [0, 0.1) is 0 Å². The van der Waals surface area contributed by atoms with Crippen molar-refractivity contribution < 1.29 is 34.3 Å². The summed E-state index contributed by atoms with van der Waals surface area (Å²) in [6.07, 6.45) is -1.13. The SMILES string of the molecule is COCOC(CO)COCOC(CO)CO. The van der Waals surface area contributed by atoms with Gasteiger partial charge in [0.1, 0.15) is 25.8 Å². The number of methoxy groups -OCH3 is 1. The van der Waals surface area contributed by atoms with Gasteiger partial charge in [0.2, 0.25) is 0 Å². The molecule has 0 spiro atoms. The Morgan fingerprint density at radius 2 is 1.44 bits per heavy atom. The molecule has 3 N–H and O–H groups in total. The highest BCUT2D eigenvalue weighted by molar-refractivity contribution is 4.52. The molecule has 0 aliphatic rings.